The van der Waals surface area contributed by atoms with Gasteiger partial charge in [-0.15, -0.1) is 0 Å². The lowest BCUT2D eigenvalue weighted by Crippen LogP contribution is -2.11. The average molecular weight is 277 g/mol. The van der Waals surface area contributed by atoms with E-state index in [1.807, 2.05) is 6.07 Å². The Labute approximate surface area is 119 Å². The van der Waals surface area contributed by atoms with Crippen molar-refractivity contribution >= 4 is 22.5 Å². The fraction of sp³-hybridized carbons (Fsp3) is 0.500. The summed E-state index contributed by atoms with van der Waals surface area (Å²) in [5.41, 5.74) is 11.3. The molecule has 2 aromatic rings. The van der Waals surface area contributed by atoms with E-state index in [1.54, 1.807) is 5.56 Å². The topological polar surface area (TPSA) is 30.9 Å². The van der Waals surface area contributed by atoms with Crippen molar-refractivity contribution in [2.75, 3.05) is 6.54 Å². The maximum absolute atomic E-state index is 6.32. The van der Waals surface area contributed by atoms with Crippen LogP contribution in [0, 0.1) is 6.92 Å². The summed E-state index contributed by atoms with van der Waals surface area (Å²) in [6.45, 7) is 3.90. The van der Waals surface area contributed by atoms with E-state index in [9.17, 15) is 0 Å². The molecule has 1 aromatic heterocycles. The first-order valence-corrected chi connectivity index (χ1v) is 7.61. The fourth-order valence-electron chi connectivity index (χ4n) is 3.38. The first kappa shape index (κ1) is 13.0. The van der Waals surface area contributed by atoms with E-state index in [1.165, 1.54) is 47.8 Å². The van der Waals surface area contributed by atoms with E-state index < -0.39 is 0 Å². The number of hydrogen-bond donors (Lipinski definition) is 1. The van der Waals surface area contributed by atoms with Gasteiger partial charge in [-0.3, -0.25) is 0 Å². The minimum atomic E-state index is 0.744. The van der Waals surface area contributed by atoms with Gasteiger partial charge in [-0.2, -0.15) is 0 Å². The third-order valence-electron chi connectivity index (χ3n) is 4.31. The molecular weight excluding hydrogens is 256 g/mol. The Balaban J connectivity index is 2.27. The smallest absolute Gasteiger partial charge is 0.0530 e. The largest absolute Gasteiger partial charge is 0.344 e. The molecule has 3 heteroatoms. The highest BCUT2D eigenvalue weighted by atomic mass is 35.5. The van der Waals surface area contributed by atoms with Crippen molar-refractivity contribution in [3.05, 3.63) is 34.0 Å². The molecule has 0 bridgehead atoms. The Morgan fingerprint density at radius 2 is 2.05 bits per heavy atom. The van der Waals surface area contributed by atoms with Gasteiger partial charge in [0.2, 0.25) is 0 Å². The molecule has 0 spiro atoms. The Kier molecular flexibility index (Phi) is 3.55. The third-order valence-corrected chi connectivity index (χ3v) is 4.72. The minimum Gasteiger partial charge on any atom is -0.344 e. The quantitative estimate of drug-likeness (QED) is 0.907. The van der Waals surface area contributed by atoms with Crippen molar-refractivity contribution < 1.29 is 0 Å². The van der Waals surface area contributed by atoms with Crippen LogP contribution < -0.4 is 5.73 Å². The number of nitrogens with two attached hydrogens (primary N) is 1. The molecule has 1 aliphatic carbocycles. The lowest BCUT2D eigenvalue weighted by atomic mass is 9.95. The first-order chi connectivity index (χ1) is 9.24. The van der Waals surface area contributed by atoms with Gasteiger partial charge in [-0.05, 0) is 62.8 Å². The maximum Gasteiger partial charge on any atom is 0.0530 e. The first-order valence-electron chi connectivity index (χ1n) is 7.23. The average Bonchev–Trinajstić information content (AvgIpc) is 2.75. The van der Waals surface area contributed by atoms with E-state index >= 15 is 0 Å². The molecular formula is C16H21ClN2. The van der Waals surface area contributed by atoms with Gasteiger partial charge in [0.05, 0.1) is 5.52 Å². The van der Waals surface area contributed by atoms with Crippen LogP contribution in [0.4, 0.5) is 0 Å². The number of aromatic nitrogens is 1. The lowest BCUT2D eigenvalue weighted by molar-refractivity contribution is 0.595. The lowest BCUT2D eigenvalue weighted by Gasteiger charge is -2.16. The van der Waals surface area contributed by atoms with Gasteiger partial charge in [0.15, 0.2) is 0 Å². The molecule has 2 N–H and O–H groups in total. The van der Waals surface area contributed by atoms with Gasteiger partial charge in [-0.1, -0.05) is 17.7 Å². The Hall–Kier alpha value is -0.990. The summed E-state index contributed by atoms with van der Waals surface area (Å²) in [7, 11) is 0. The molecule has 19 heavy (non-hydrogen) atoms. The second kappa shape index (κ2) is 5.18. The van der Waals surface area contributed by atoms with Crippen molar-refractivity contribution in [3.8, 4) is 0 Å². The summed E-state index contributed by atoms with van der Waals surface area (Å²) >= 11 is 6.32. The SMILES string of the molecule is Cc1c(Cl)ccc2c3c(n(CCCN)c12)CCCC3. The summed E-state index contributed by atoms with van der Waals surface area (Å²) in [5.74, 6) is 0. The molecule has 102 valence electrons. The Bertz CT molecular complexity index is 613. The van der Waals surface area contributed by atoms with Gasteiger partial charge >= 0.3 is 0 Å². The normalized spacial score (nSPS) is 14.9. The molecule has 1 aliphatic rings. The summed E-state index contributed by atoms with van der Waals surface area (Å²) in [6.07, 6.45) is 6.06. The highest BCUT2D eigenvalue weighted by Crippen LogP contribution is 2.36. The van der Waals surface area contributed by atoms with Crippen molar-refractivity contribution in [1.82, 2.24) is 4.57 Å². The van der Waals surface area contributed by atoms with E-state index in [0.717, 1.165) is 24.5 Å². The standard InChI is InChI=1S/C16H21ClN2/c1-11-14(17)8-7-13-12-5-2-3-6-15(12)19(16(11)13)10-4-9-18/h7-8H,2-6,9-10,18H2,1H3. The molecule has 0 saturated heterocycles. The van der Waals surface area contributed by atoms with E-state index in [4.69, 9.17) is 17.3 Å². The van der Waals surface area contributed by atoms with Gasteiger partial charge in [0.1, 0.15) is 0 Å². The van der Waals surface area contributed by atoms with Crippen molar-refractivity contribution in [3.63, 3.8) is 0 Å². The monoisotopic (exact) mass is 276 g/mol. The van der Waals surface area contributed by atoms with Crippen molar-refractivity contribution in [2.24, 2.45) is 5.73 Å². The number of benzene rings is 1. The molecule has 0 amide bonds. The number of halogens is 1. The summed E-state index contributed by atoms with van der Waals surface area (Å²) < 4.78 is 2.48. The third kappa shape index (κ3) is 2.07. The van der Waals surface area contributed by atoms with Gasteiger partial charge < -0.3 is 10.3 Å². The van der Waals surface area contributed by atoms with E-state index in [-0.39, 0.29) is 0 Å². The molecule has 0 aliphatic heterocycles. The van der Waals surface area contributed by atoms with Crippen LogP contribution in [0.5, 0.6) is 0 Å². The number of fused-ring (bicyclic) bond motifs is 3. The van der Waals surface area contributed by atoms with Crippen LogP contribution in [0.3, 0.4) is 0 Å². The number of rotatable bonds is 3. The molecule has 1 aromatic carbocycles. The second-order valence-electron chi connectivity index (χ2n) is 5.49. The predicted octanol–water partition coefficient (Wildman–Crippen LogP) is 3.83. The zero-order valence-electron chi connectivity index (χ0n) is 11.5. The molecule has 0 radical (unpaired) electrons. The number of aryl methyl sites for hydroxylation is 3. The van der Waals surface area contributed by atoms with Crippen LogP contribution in [-0.2, 0) is 19.4 Å². The van der Waals surface area contributed by atoms with Crippen LogP contribution in [0.1, 0.15) is 36.1 Å². The second-order valence-corrected chi connectivity index (χ2v) is 5.90. The molecule has 2 nitrogen and oxygen atoms in total. The van der Waals surface area contributed by atoms with E-state index in [0.29, 0.717) is 0 Å². The highest BCUT2D eigenvalue weighted by molar-refractivity contribution is 6.32. The van der Waals surface area contributed by atoms with Crippen molar-refractivity contribution in [2.45, 2.75) is 45.6 Å². The van der Waals surface area contributed by atoms with E-state index in [2.05, 4.69) is 17.6 Å². The van der Waals surface area contributed by atoms with Crippen LogP contribution in [0.15, 0.2) is 12.1 Å². The fourth-order valence-corrected chi connectivity index (χ4v) is 3.53. The van der Waals surface area contributed by atoms with Crippen LogP contribution in [0.25, 0.3) is 10.9 Å². The van der Waals surface area contributed by atoms with Crippen LogP contribution in [0.2, 0.25) is 5.02 Å². The molecule has 0 unspecified atom stereocenters. The minimum absolute atomic E-state index is 0.744. The zero-order valence-corrected chi connectivity index (χ0v) is 12.3. The molecule has 0 atom stereocenters. The van der Waals surface area contributed by atoms with Crippen LogP contribution in [-0.4, -0.2) is 11.1 Å². The van der Waals surface area contributed by atoms with Gasteiger partial charge in [-0.25, -0.2) is 0 Å². The Morgan fingerprint density at radius 3 is 2.84 bits per heavy atom. The molecule has 0 saturated carbocycles. The predicted molar refractivity (Wildman–Crippen MR) is 82.0 cm³/mol. The summed E-state index contributed by atoms with van der Waals surface area (Å²) in [6, 6.07) is 4.25. The Morgan fingerprint density at radius 1 is 1.26 bits per heavy atom. The highest BCUT2D eigenvalue weighted by Gasteiger charge is 2.21. The molecule has 0 fully saturated rings. The van der Waals surface area contributed by atoms with Gasteiger partial charge in [0, 0.05) is 22.6 Å². The maximum atomic E-state index is 6.32. The van der Waals surface area contributed by atoms with Crippen molar-refractivity contribution in [1.29, 1.82) is 0 Å². The number of nitrogens with zero attached hydrogens (tertiary/aromatic N) is 1. The molecule has 3 rings (SSSR count). The zero-order chi connectivity index (χ0) is 13.4. The van der Waals surface area contributed by atoms with Gasteiger partial charge in [0.25, 0.3) is 0 Å². The molecule has 1 heterocycles. The number of hydrogen-bond acceptors (Lipinski definition) is 1. The van der Waals surface area contributed by atoms with Crippen LogP contribution >= 0.6 is 11.6 Å². The summed E-state index contributed by atoms with van der Waals surface area (Å²) in [4.78, 5) is 0. The summed E-state index contributed by atoms with van der Waals surface area (Å²) in [5, 5.41) is 2.28.